The second kappa shape index (κ2) is 15.0. The molecular weight excluding hydrogens is 746 g/mol. The summed E-state index contributed by atoms with van der Waals surface area (Å²) in [6.45, 7) is 3.23. The first-order valence-corrected chi connectivity index (χ1v) is 18.4. The molecule has 5 N–H and O–H groups in total. The minimum atomic E-state index is -0.805. The molecule has 0 unspecified atom stereocenters. The molecule has 2 atom stereocenters. The summed E-state index contributed by atoms with van der Waals surface area (Å²) in [6, 6.07) is 9.95. The van der Waals surface area contributed by atoms with Gasteiger partial charge < -0.3 is 36.2 Å². The van der Waals surface area contributed by atoms with Gasteiger partial charge in [0, 0.05) is 65.9 Å². The van der Waals surface area contributed by atoms with Gasteiger partial charge in [-0.3, -0.25) is 14.5 Å². The van der Waals surface area contributed by atoms with E-state index in [-0.39, 0.29) is 36.5 Å². The van der Waals surface area contributed by atoms with Gasteiger partial charge in [-0.15, -0.1) is 0 Å². The molecule has 5 amide bonds. The predicted molar refractivity (Wildman–Crippen MR) is 189 cm³/mol. The number of anilines is 2. The van der Waals surface area contributed by atoms with Crippen LogP contribution in [0, 0.1) is 0 Å². The molecule has 14 heteroatoms. The first-order valence-electron chi connectivity index (χ1n) is 16.8. The Balaban J connectivity index is 1.10. The van der Waals surface area contributed by atoms with Crippen LogP contribution in [0.15, 0.2) is 45.3 Å². The summed E-state index contributed by atoms with van der Waals surface area (Å²) in [7, 11) is 0. The first kappa shape index (κ1) is 34.5. The molecule has 6 rings (SSSR count). The van der Waals surface area contributed by atoms with Gasteiger partial charge in [0.25, 0.3) is 0 Å². The number of nitrogens with one attached hydrogen (secondary N) is 2. The number of hydrogen-bond donors (Lipinski definition) is 4. The lowest BCUT2D eigenvalue weighted by molar-refractivity contribution is -0.147. The van der Waals surface area contributed by atoms with Gasteiger partial charge in [-0.2, -0.15) is 0 Å². The minimum Gasteiger partial charge on any atom is -0.480 e. The number of rotatable bonds is 7. The second-order valence-electron chi connectivity index (χ2n) is 13.3. The molecule has 2 aromatic carbocycles. The van der Waals surface area contributed by atoms with E-state index in [2.05, 4.69) is 47.4 Å². The monoisotopic (exact) mass is 787 g/mol. The number of hydrogen-bond acceptors (Lipinski definition) is 6. The van der Waals surface area contributed by atoms with Crippen molar-refractivity contribution in [2.75, 3.05) is 43.8 Å². The van der Waals surface area contributed by atoms with E-state index in [1.807, 2.05) is 46.2 Å². The van der Waals surface area contributed by atoms with Crippen LogP contribution in [-0.4, -0.2) is 106 Å². The molecule has 4 aliphatic heterocycles. The number of nitrogens with two attached hydrogens (primary N) is 1. The number of likely N-dealkylation sites (tertiary alicyclic amines) is 3. The third-order valence-corrected chi connectivity index (χ3v) is 11.6. The van der Waals surface area contributed by atoms with Crippen molar-refractivity contribution in [2.24, 2.45) is 0 Å². The highest BCUT2D eigenvalue weighted by Crippen LogP contribution is 2.31. The maximum atomic E-state index is 14.1. The lowest BCUT2D eigenvalue weighted by atomic mass is 9.94. The van der Waals surface area contributed by atoms with Gasteiger partial charge in [-0.25, -0.2) is 9.59 Å². The minimum absolute atomic E-state index is 0.00578. The number of nitrogens with zero attached hydrogens (tertiary/aromatic N) is 4. The number of carbonyl (C=O) groups excluding carboxylic acids is 3. The molecule has 4 aliphatic rings. The highest BCUT2D eigenvalue weighted by molar-refractivity contribution is 9.11. The molecule has 3 fully saturated rings. The van der Waals surface area contributed by atoms with Gasteiger partial charge in [0.1, 0.15) is 12.1 Å². The summed E-state index contributed by atoms with van der Waals surface area (Å²) in [5.41, 5.74) is 9.42. The van der Waals surface area contributed by atoms with Crippen LogP contribution in [0.1, 0.15) is 56.1 Å². The fourth-order valence-electron chi connectivity index (χ4n) is 7.62. The van der Waals surface area contributed by atoms with Crippen molar-refractivity contribution in [3.63, 3.8) is 0 Å². The zero-order valence-electron chi connectivity index (χ0n) is 26.9. The Kier molecular flexibility index (Phi) is 10.8. The van der Waals surface area contributed by atoms with E-state index in [0.29, 0.717) is 79.5 Å². The zero-order valence-corrected chi connectivity index (χ0v) is 30.0. The molecule has 0 aliphatic carbocycles. The van der Waals surface area contributed by atoms with Crippen molar-refractivity contribution in [2.45, 2.75) is 82.1 Å². The molecule has 12 nitrogen and oxygen atoms in total. The van der Waals surface area contributed by atoms with E-state index >= 15 is 0 Å². The number of piperidine rings is 3. The number of aliphatic carboxylic acids is 1. The molecule has 0 bridgehead atoms. The van der Waals surface area contributed by atoms with E-state index in [1.165, 1.54) is 0 Å². The van der Waals surface area contributed by atoms with Crippen molar-refractivity contribution >= 4 is 67.2 Å². The van der Waals surface area contributed by atoms with Crippen LogP contribution in [0.25, 0.3) is 0 Å². The smallest absolute Gasteiger partial charge is 0.322 e. The summed E-state index contributed by atoms with van der Waals surface area (Å²) in [6.07, 6.45) is 5.50. The Morgan fingerprint density at radius 1 is 0.917 bits per heavy atom. The highest BCUT2D eigenvalue weighted by Gasteiger charge is 2.38. The van der Waals surface area contributed by atoms with Gasteiger partial charge in [0.15, 0.2) is 0 Å². The summed E-state index contributed by atoms with van der Waals surface area (Å²) in [4.78, 5) is 60.1. The van der Waals surface area contributed by atoms with Crippen molar-refractivity contribution < 1.29 is 24.3 Å². The Labute approximate surface area is 297 Å². The topological polar surface area (TPSA) is 152 Å². The van der Waals surface area contributed by atoms with Crippen LogP contribution in [0.4, 0.5) is 21.0 Å². The third-order valence-electron chi connectivity index (χ3n) is 10.3. The summed E-state index contributed by atoms with van der Waals surface area (Å²) < 4.78 is 1.40. The molecule has 3 saturated heterocycles. The third kappa shape index (κ3) is 7.60. The standard InChI is InChI=1S/C34H43Br2N7O5/c35-25-17-21(18-26(36)30(25)37)19-28(31(44)40-13-8-23(9-14-40)42-12-4-3-7-29(42)32(45)46)39-33(47)41-15-10-24(11-16-41)43-20-22-5-1-2-6-27(22)38-34(43)48/h1-2,5-6,17-18,23-24,28-29H,3-4,7-16,19-20,37H2,(H,38,48)(H,39,47)(H,45,46)/t28-,29-/m1/s1. The number of para-hydroxylation sites is 1. The van der Waals surface area contributed by atoms with Gasteiger partial charge in [-0.05, 0) is 106 Å². The lowest BCUT2D eigenvalue weighted by Crippen LogP contribution is -2.58. The fourth-order valence-corrected chi connectivity index (χ4v) is 8.90. The van der Waals surface area contributed by atoms with Crippen LogP contribution >= 0.6 is 31.9 Å². The molecular formula is C34H43Br2N7O5. The van der Waals surface area contributed by atoms with Crippen molar-refractivity contribution in [3.05, 3.63) is 56.5 Å². The first-order chi connectivity index (χ1) is 23.1. The molecule has 0 saturated carbocycles. The number of carbonyl (C=O) groups is 4. The number of benzene rings is 2. The van der Waals surface area contributed by atoms with Crippen molar-refractivity contribution in [3.8, 4) is 0 Å². The average Bonchev–Trinajstić information content (AvgIpc) is 3.09. The molecule has 48 heavy (non-hydrogen) atoms. The van der Waals surface area contributed by atoms with Crippen molar-refractivity contribution in [1.82, 2.24) is 24.9 Å². The number of amides is 5. The Bertz CT molecular complexity index is 1520. The number of carboxylic acids is 1. The number of fused-ring (bicyclic) bond motifs is 1. The molecule has 2 aromatic rings. The van der Waals surface area contributed by atoms with Gasteiger partial charge in [0.05, 0.1) is 5.69 Å². The molecule has 0 spiro atoms. The largest absolute Gasteiger partial charge is 0.480 e. The normalized spacial score (nSPS) is 21.8. The number of halogens is 2. The maximum absolute atomic E-state index is 14.1. The lowest BCUT2D eigenvalue weighted by Gasteiger charge is -2.43. The van der Waals surface area contributed by atoms with E-state index in [0.717, 1.165) is 36.2 Å². The summed E-state index contributed by atoms with van der Waals surface area (Å²) in [5.74, 6) is -0.928. The predicted octanol–water partition coefficient (Wildman–Crippen LogP) is 4.86. The van der Waals surface area contributed by atoms with Crippen LogP contribution in [0.3, 0.4) is 0 Å². The second-order valence-corrected chi connectivity index (χ2v) is 15.0. The highest BCUT2D eigenvalue weighted by atomic mass is 79.9. The molecule has 4 heterocycles. The molecule has 258 valence electrons. The number of carboxylic acid groups (broad SMARTS) is 1. The molecule has 0 aromatic heterocycles. The maximum Gasteiger partial charge on any atom is 0.322 e. The van der Waals surface area contributed by atoms with E-state index in [4.69, 9.17) is 5.73 Å². The molecule has 0 radical (unpaired) electrons. The van der Waals surface area contributed by atoms with Crippen LogP contribution in [0.2, 0.25) is 0 Å². The Morgan fingerprint density at radius 3 is 2.25 bits per heavy atom. The summed E-state index contributed by atoms with van der Waals surface area (Å²) >= 11 is 7.00. The number of urea groups is 2. The van der Waals surface area contributed by atoms with Crippen LogP contribution in [-0.2, 0) is 22.6 Å². The SMILES string of the molecule is Nc1c(Br)cc(C[C@@H](NC(=O)N2CCC(N3Cc4ccccc4NC3=O)CC2)C(=O)N2CCC(N3CCCC[C@@H]3C(=O)O)CC2)cc1Br. The fraction of sp³-hybridized carbons (Fsp3) is 0.529. The van der Waals surface area contributed by atoms with Crippen LogP contribution < -0.4 is 16.4 Å². The zero-order chi connectivity index (χ0) is 33.9. The Morgan fingerprint density at radius 2 is 1.56 bits per heavy atom. The quantitative estimate of drug-likeness (QED) is 0.293. The van der Waals surface area contributed by atoms with Crippen LogP contribution in [0.5, 0.6) is 0 Å². The van der Waals surface area contributed by atoms with Crippen molar-refractivity contribution in [1.29, 1.82) is 0 Å². The Hall–Kier alpha value is -3.36. The van der Waals surface area contributed by atoms with E-state index in [9.17, 15) is 24.3 Å². The van der Waals surface area contributed by atoms with Gasteiger partial charge in [0.2, 0.25) is 5.91 Å². The van der Waals surface area contributed by atoms with Gasteiger partial charge in [-0.1, -0.05) is 24.6 Å². The van der Waals surface area contributed by atoms with E-state index < -0.39 is 18.1 Å². The number of nitrogen functional groups attached to an aromatic ring is 1. The van der Waals surface area contributed by atoms with E-state index in [1.54, 1.807) is 4.90 Å². The van der Waals surface area contributed by atoms with Gasteiger partial charge >= 0.3 is 18.0 Å². The summed E-state index contributed by atoms with van der Waals surface area (Å²) in [5, 5.41) is 15.8. The average molecular weight is 790 g/mol.